The number of halogens is 1. The van der Waals surface area contributed by atoms with Crippen molar-refractivity contribution in [2.45, 2.75) is 19.1 Å². The molecule has 20 heavy (non-hydrogen) atoms. The van der Waals surface area contributed by atoms with Crippen molar-refractivity contribution < 1.29 is 9.18 Å². The highest BCUT2D eigenvalue weighted by molar-refractivity contribution is 7.99. The van der Waals surface area contributed by atoms with Crippen LogP contribution in [-0.4, -0.2) is 21.9 Å². The quantitative estimate of drug-likeness (QED) is 0.861. The van der Waals surface area contributed by atoms with Gasteiger partial charge < -0.3 is 5.32 Å². The zero-order chi connectivity index (χ0) is 14.4. The second kappa shape index (κ2) is 7.09. The summed E-state index contributed by atoms with van der Waals surface area (Å²) in [5.74, 6) is 1.22. The Morgan fingerprint density at radius 3 is 2.80 bits per heavy atom. The summed E-state index contributed by atoms with van der Waals surface area (Å²) in [6.45, 7) is 2.01. The smallest absolute Gasteiger partial charge is 0.235 e. The summed E-state index contributed by atoms with van der Waals surface area (Å²) in [4.78, 5) is 11.7. The summed E-state index contributed by atoms with van der Waals surface area (Å²) in [5.41, 5.74) is 1.98. The summed E-state index contributed by atoms with van der Waals surface area (Å²) >= 11 is 1.48. The molecular formula is C14H16FN3OS. The molecule has 0 saturated carbocycles. The van der Waals surface area contributed by atoms with Crippen LogP contribution in [0, 0.1) is 5.82 Å². The average Bonchev–Trinajstić information content (AvgIpc) is 2.88. The third kappa shape index (κ3) is 4.38. The molecule has 0 bridgehead atoms. The molecule has 0 unspecified atom stereocenters. The van der Waals surface area contributed by atoms with Gasteiger partial charge in [0.2, 0.25) is 5.91 Å². The first kappa shape index (κ1) is 14.6. The highest BCUT2D eigenvalue weighted by Crippen LogP contribution is 2.13. The Hall–Kier alpha value is -1.82. The minimum atomic E-state index is -0.248. The number of hydrogen-bond donors (Lipinski definition) is 2. The first-order valence-corrected chi connectivity index (χ1v) is 7.49. The van der Waals surface area contributed by atoms with E-state index in [4.69, 9.17) is 0 Å². The molecule has 0 aliphatic rings. The van der Waals surface area contributed by atoms with Crippen LogP contribution in [0.2, 0.25) is 0 Å². The van der Waals surface area contributed by atoms with Crippen molar-refractivity contribution in [3.8, 4) is 0 Å². The minimum Gasteiger partial charge on any atom is -0.308 e. The van der Waals surface area contributed by atoms with Gasteiger partial charge in [-0.05, 0) is 24.1 Å². The van der Waals surface area contributed by atoms with Gasteiger partial charge in [-0.3, -0.25) is 9.89 Å². The fraction of sp³-hybridized carbons (Fsp3) is 0.286. The lowest BCUT2D eigenvalue weighted by atomic mass is 10.2. The Bertz CT molecular complexity index is 568. The van der Waals surface area contributed by atoms with E-state index in [1.807, 2.05) is 13.0 Å². The van der Waals surface area contributed by atoms with Gasteiger partial charge in [-0.15, -0.1) is 11.8 Å². The monoisotopic (exact) mass is 293 g/mol. The SMILES string of the molecule is CCc1cc(NC(=O)CSCc2ccc(F)cc2)n[nH]1. The molecule has 0 aliphatic heterocycles. The molecule has 0 saturated heterocycles. The van der Waals surface area contributed by atoms with Crippen LogP contribution in [0.1, 0.15) is 18.2 Å². The third-order valence-electron chi connectivity index (χ3n) is 2.69. The van der Waals surface area contributed by atoms with Crippen molar-refractivity contribution in [2.75, 3.05) is 11.1 Å². The number of anilines is 1. The van der Waals surface area contributed by atoms with Crippen molar-refractivity contribution >= 4 is 23.5 Å². The van der Waals surface area contributed by atoms with Gasteiger partial charge in [0, 0.05) is 17.5 Å². The van der Waals surface area contributed by atoms with Gasteiger partial charge in [0.25, 0.3) is 0 Å². The van der Waals surface area contributed by atoms with E-state index in [2.05, 4.69) is 15.5 Å². The summed E-state index contributed by atoms with van der Waals surface area (Å²) < 4.78 is 12.7. The van der Waals surface area contributed by atoms with Crippen LogP contribution in [0.5, 0.6) is 0 Å². The zero-order valence-electron chi connectivity index (χ0n) is 11.1. The summed E-state index contributed by atoms with van der Waals surface area (Å²) in [7, 11) is 0. The lowest BCUT2D eigenvalue weighted by Crippen LogP contribution is -2.14. The molecule has 2 N–H and O–H groups in total. The number of aryl methyl sites for hydroxylation is 1. The van der Waals surface area contributed by atoms with Crippen molar-refractivity contribution in [2.24, 2.45) is 0 Å². The minimum absolute atomic E-state index is 0.0914. The topological polar surface area (TPSA) is 57.8 Å². The van der Waals surface area contributed by atoms with Gasteiger partial charge in [-0.2, -0.15) is 5.10 Å². The molecule has 4 nitrogen and oxygen atoms in total. The molecule has 1 heterocycles. The summed E-state index contributed by atoms with van der Waals surface area (Å²) in [5, 5.41) is 9.57. The van der Waals surface area contributed by atoms with Gasteiger partial charge in [-0.1, -0.05) is 19.1 Å². The molecule has 0 atom stereocenters. The molecule has 0 spiro atoms. The maximum atomic E-state index is 12.7. The largest absolute Gasteiger partial charge is 0.308 e. The Labute approximate surface area is 121 Å². The highest BCUT2D eigenvalue weighted by atomic mass is 32.2. The van der Waals surface area contributed by atoms with Crippen LogP contribution in [0.3, 0.4) is 0 Å². The van der Waals surface area contributed by atoms with E-state index in [9.17, 15) is 9.18 Å². The van der Waals surface area contributed by atoms with Crippen molar-refractivity contribution in [1.82, 2.24) is 10.2 Å². The number of carbonyl (C=O) groups excluding carboxylic acids is 1. The fourth-order valence-corrected chi connectivity index (χ4v) is 2.42. The van der Waals surface area contributed by atoms with Crippen LogP contribution >= 0.6 is 11.8 Å². The molecule has 1 amide bonds. The van der Waals surface area contributed by atoms with Gasteiger partial charge in [0.15, 0.2) is 5.82 Å². The molecule has 2 aromatic rings. The lowest BCUT2D eigenvalue weighted by molar-refractivity contribution is -0.113. The van der Waals surface area contributed by atoms with Crippen LogP contribution < -0.4 is 5.32 Å². The number of aromatic amines is 1. The van der Waals surface area contributed by atoms with E-state index in [1.165, 1.54) is 23.9 Å². The summed E-state index contributed by atoms with van der Waals surface area (Å²) in [6, 6.07) is 8.11. The molecule has 1 aromatic heterocycles. The van der Waals surface area contributed by atoms with Gasteiger partial charge in [0.05, 0.1) is 5.75 Å². The van der Waals surface area contributed by atoms with E-state index in [0.29, 0.717) is 17.3 Å². The lowest BCUT2D eigenvalue weighted by Gasteiger charge is -2.02. The predicted molar refractivity (Wildman–Crippen MR) is 79.2 cm³/mol. The number of H-pyrrole nitrogens is 1. The number of amides is 1. The normalized spacial score (nSPS) is 10.5. The number of nitrogens with zero attached hydrogens (tertiary/aromatic N) is 1. The summed E-state index contributed by atoms with van der Waals surface area (Å²) in [6.07, 6.45) is 0.849. The second-order valence-electron chi connectivity index (χ2n) is 4.30. The predicted octanol–water partition coefficient (Wildman–Crippen LogP) is 2.98. The molecule has 2 rings (SSSR count). The molecule has 1 aromatic carbocycles. The van der Waals surface area contributed by atoms with Crippen LogP contribution in [-0.2, 0) is 17.0 Å². The molecule has 106 valence electrons. The number of hydrogen-bond acceptors (Lipinski definition) is 3. The Morgan fingerprint density at radius 2 is 2.15 bits per heavy atom. The number of rotatable bonds is 6. The highest BCUT2D eigenvalue weighted by Gasteiger charge is 2.06. The second-order valence-corrected chi connectivity index (χ2v) is 5.29. The van der Waals surface area contributed by atoms with E-state index in [-0.39, 0.29) is 11.7 Å². The van der Waals surface area contributed by atoms with E-state index < -0.39 is 0 Å². The standard InChI is InChI=1S/C14H16FN3OS/c1-2-12-7-13(18-17-12)16-14(19)9-20-8-10-3-5-11(15)6-4-10/h3-7H,2,8-9H2,1H3,(H2,16,17,18,19). The fourth-order valence-electron chi connectivity index (χ4n) is 1.63. The number of benzene rings is 1. The number of nitrogens with one attached hydrogen (secondary N) is 2. The molecule has 0 aliphatic carbocycles. The maximum Gasteiger partial charge on any atom is 0.235 e. The van der Waals surface area contributed by atoms with Crippen molar-refractivity contribution in [1.29, 1.82) is 0 Å². The number of carbonyl (C=O) groups is 1. The van der Waals surface area contributed by atoms with Crippen LogP contribution in [0.25, 0.3) is 0 Å². The van der Waals surface area contributed by atoms with Crippen LogP contribution in [0.4, 0.5) is 10.2 Å². The van der Waals surface area contributed by atoms with Crippen molar-refractivity contribution in [3.63, 3.8) is 0 Å². The molecular weight excluding hydrogens is 277 g/mol. The Kier molecular flexibility index (Phi) is 5.17. The van der Waals surface area contributed by atoms with Crippen molar-refractivity contribution in [3.05, 3.63) is 47.4 Å². The number of thioether (sulfide) groups is 1. The van der Waals surface area contributed by atoms with Crippen LogP contribution in [0.15, 0.2) is 30.3 Å². The zero-order valence-corrected chi connectivity index (χ0v) is 12.0. The number of aromatic nitrogens is 2. The maximum absolute atomic E-state index is 12.7. The average molecular weight is 293 g/mol. The molecule has 0 radical (unpaired) electrons. The first-order valence-electron chi connectivity index (χ1n) is 6.33. The van der Waals surface area contributed by atoms with Gasteiger partial charge in [-0.25, -0.2) is 4.39 Å². The van der Waals surface area contributed by atoms with Gasteiger partial charge >= 0.3 is 0 Å². The molecule has 0 fully saturated rings. The Morgan fingerprint density at radius 1 is 1.40 bits per heavy atom. The molecule has 6 heteroatoms. The first-order chi connectivity index (χ1) is 9.67. The van der Waals surface area contributed by atoms with E-state index in [1.54, 1.807) is 12.1 Å². The van der Waals surface area contributed by atoms with E-state index in [0.717, 1.165) is 17.7 Å². The van der Waals surface area contributed by atoms with E-state index >= 15 is 0 Å². The third-order valence-corrected chi connectivity index (χ3v) is 3.70. The Balaban J connectivity index is 1.73. The van der Waals surface area contributed by atoms with Gasteiger partial charge in [0.1, 0.15) is 5.82 Å².